The molecule has 0 aliphatic heterocycles. The van der Waals surface area contributed by atoms with Crippen LogP contribution in [0.15, 0.2) is 22.7 Å². The van der Waals surface area contributed by atoms with Crippen LogP contribution in [0.25, 0.3) is 0 Å². The zero-order chi connectivity index (χ0) is 10.6. The molecule has 0 aliphatic rings. The normalized spacial score (nSPS) is 12.6. The summed E-state index contributed by atoms with van der Waals surface area (Å²) in [6.07, 6.45) is -0.674. The molecule has 1 unspecified atom stereocenters. The van der Waals surface area contributed by atoms with Gasteiger partial charge in [-0.15, -0.1) is 11.6 Å². The molecule has 2 nitrogen and oxygen atoms in total. The third kappa shape index (κ3) is 3.65. The molecule has 78 valence electrons. The van der Waals surface area contributed by atoms with E-state index in [1.165, 1.54) is 0 Å². The fraction of sp³-hybridized carbons (Fsp3) is 0.333. The third-order valence-corrected chi connectivity index (χ3v) is 2.66. The molecule has 0 heterocycles. The van der Waals surface area contributed by atoms with Crippen LogP contribution >= 0.6 is 39.1 Å². The lowest BCUT2D eigenvalue weighted by atomic mass is 10.3. The summed E-state index contributed by atoms with van der Waals surface area (Å²) in [4.78, 5) is 0. The second-order valence-electron chi connectivity index (χ2n) is 2.69. The minimum atomic E-state index is -0.674. The molecule has 0 saturated carbocycles. The van der Waals surface area contributed by atoms with Gasteiger partial charge in [-0.3, -0.25) is 0 Å². The van der Waals surface area contributed by atoms with E-state index >= 15 is 0 Å². The van der Waals surface area contributed by atoms with Gasteiger partial charge in [0.1, 0.15) is 18.5 Å². The van der Waals surface area contributed by atoms with Crippen molar-refractivity contribution in [3.05, 3.63) is 27.7 Å². The van der Waals surface area contributed by atoms with Crippen LogP contribution in [-0.4, -0.2) is 23.7 Å². The van der Waals surface area contributed by atoms with E-state index in [0.717, 1.165) is 4.47 Å². The Morgan fingerprint density at radius 2 is 2.21 bits per heavy atom. The van der Waals surface area contributed by atoms with Crippen molar-refractivity contribution in [1.29, 1.82) is 0 Å². The molecule has 1 rings (SSSR count). The van der Waals surface area contributed by atoms with Crippen molar-refractivity contribution in [2.24, 2.45) is 0 Å². The van der Waals surface area contributed by atoms with Crippen molar-refractivity contribution in [1.82, 2.24) is 0 Å². The average Bonchev–Trinajstić information content (AvgIpc) is 2.19. The number of hydrogen-bond acceptors (Lipinski definition) is 2. The standard InChI is InChI=1S/C9H9BrCl2O2/c10-6-1-2-8(12)9(3-6)14-5-7(13)4-11/h1-3,7,13H,4-5H2. The van der Waals surface area contributed by atoms with E-state index in [9.17, 15) is 0 Å². The Balaban J connectivity index is 2.62. The molecule has 0 spiro atoms. The van der Waals surface area contributed by atoms with Crippen molar-refractivity contribution in [3.8, 4) is 5.75 Å². The number of ether oxygens (including phenoxy) is 1. The molecule has 0 fully saturated rings. The van der Waals surface area contributed by atoms with Gasteiger partial charge in [-0.2, -0.15) is 0 Å². The first-order valence-electron chi connectivity index (χ1n) is 3.95. The summed E-state index contributed by atoms with van der Waals surface area (Å²) in [6.45, 7) is 0.139. The van der Waals surface area contributed by atoms with Crippen LogP contribution in [0, 0.1) is 0 Å². The van der Waals surface area contributed by atoms with Crippen molar-refractivity contribution in [3.63, 3.8) is 0 Å². The number of rotatable bonds is 4. The molecule has 1 aromatic rings. The van der Waals surface area contributed by atoms with Crippen molar-refractivity contribution in [2.45, 2.75) is 6.10 Å². The average molecular weight is 300 g/mol. The third-order valence-electron chi connectivity index (χ3n) is 1.50. The Morgan fingerprint density at radius 3 is 2.86 bits per heavy atom. The summed E-state index contributed by atoms with van der Waals surface area (Å²) >= 11 is 14.6. The molecule has 0 bridgehead atoms. The Kier molecular flexibility index (Phi) is 5.02. The SMILES string of the molecule is OC(CCl)COc1cc(Br)ccc1Cl. The molecule has 0 radical (unpaired) electrons. The monoisotopic (exact) mass is 298 g/mol. The maximum atomic E-state index is 9.17. The molecule has 1 atom stereocenters. The second kappa shape index (κ2) is 5.81. The predicted molar refractivity (Wildman–Crippen MR) is 61.4 cm³/mol. The van der Waals surface area contributed by atoms with Gasteiger partial charge < -0.3 is 9.84 Å². The fourth-order valence-electron chi connectivity index (χ4n) is 0.818. The van der Waals surface area contributed by atoms with E-state index in [1.807, 2.05) is 6.07 Å². The minimum Gasteiger partial charge on any atom is -0.489 e. The first-order chi connectivity index (χ1) is 6.63. The van der Waals surface area contributed by atoms with E-state index in [0.29, 0.717) is 10.8 Å². The quantitative estimate of drug-likeness (QED) is 0.866. The van der Waals surface area contributed by atoms with E-state index in [1.54, 1.807) is 12.1 Å². The largest absolute Gasteiger partial charge is 0.489 e. The Hall–Kier alpha value is 0.0400. The Morgan fingerprint density at radius 1 is 1.50 bits per heavy atom. The molecular weight excluding hydrogens is 291 g/mol. The first-order valence-corrected chi connectivity index (χ1v) is 5.66. The molecule has 5 heteroatoms. The van der Waals surface area contributed by atoms with Gasteiger partial charge in [-0.05, 0) is 18.2 Å². The van der Waals surface area contributed by atoms with E-state index in [2.05, 4.69) is 15.9 Å². The second-order valence-corrected chi connectivity index (χ2v) is 4.33. The number of hydrogen-bond donors (Lipinski definition) is 1. The first kappa shape index (κ1) is 12.1. The smallest absolute Gasteiger partial charge is 0.139 e. The van der Waals surface area contributed by atoms with E-state index in [-0.39, 0.29) is 12.5 Å². The number of aliphatic hydroxyl groups excluding tert-OH is 1. The molecule has 14 heavy (non-hydrogen) atoms. The maximum absolute atomic E-state index is 9.17. The fourth-order valence-corrected chi connectivity index (χ4v) is 1.42. The van der Waals surface area contributed by atoms with Gasteiger partial charge in [0.05, 0.1) is 10.9 Å². The van der Waals surface area contributed by atoms with Crippen LogP contribution in [-0.2, 0) is 0 Å². The molecule has 0 amide bonds. The van der Waals surface area contributed by atoms with Gasteiger partial charge in [0.2, 0.25) is 0 Å². The van der Waals surface area contributed by atoms with Gasteiger partial charge in [-0.25, -0.2) is 0 Å². The van der Waals surface area contributed by atoms with Crippen LogP contribution in [0.2, 0.25) is 5.02 Å². The number of aliphatic hydroxyl groups is 1. The molecule has 0 saturated heterocycles. The predicted octanol–water partition coefficient (Wildman–Crippen LogP) is 3.08. The zero-order valence-corrected chi connectivity index (χ0v) is 10.3. The van der Waals surface area contributed by atoms with Crippen molar-refractivity contribution < 1.29 is 9.84 Å². The number of halogens is 3. The summed E-state index contributed by atoms with van der Waals surface area (Å²) in [5.74, 6) is 0.677. The van der Waals surface area contributed by atoms with E-state index in [4.69, 9.17) is 33.0 Å². The summed E-state index contributed by atoms with van der Waals surface area (Å²) in [7, 11) is 0. The highest BCUT2D eigenvalue weighted by Gasteiger charge is 2.06. The Bertz CT molecular complexity index is 307. The lowest BCUT2D eigenvalue weighted by Crippen LogP contribution is -2.18. The zero-order valence-electron chi connectivity index (χ0n) is 7.21. The van der Waals surface area contributed by atoms with E-state index < -0.39 is 6.10 Å². The molecule has 1 N–H and O–H groups in total. The lowest BCUT2D eigenvalue weighted by Gasteiger charge is -2.10. The molecular formula is C9H9BrCl2O2. The van der Waals surface area contributed by atoms with Gasteiger partial charge in [0.25, 0.3) is 0 Å². The van der Waals surface area contributed by atoms with Crippen LogP contribution in [0.3, 0.4) is 0 Å². The van der Waals surface area contributed by atoms with Crippen LogP contribution in [0.1, 0.15) is 0 Å². The summed E-state index contributed by atoms with van der Waals surface area (Å²) in [5.41, 5.74) is 0. The highest BCUT2D eigenvalue weighted by atomic mass is 79.9. The minimum absolute atomic E-state index is 0.139. The number of alkyl halides is 1. The van der Waals surface area contributed by atoms with Gasteiger partial charge in [0.15, 0.2) is 0 Å². The van der Waals surface area contributed by atoms with Crippen LogP contribution in [0.4, 0.5) is 0 Å². The summed E-state index contributed by atoms with van der Waals surface area (Å²) in [5, 5.41) is 9.68. The van der Waals surface area contributed by atoms with Gasteiger partial charge >= 0.3 is 0 Å². The van der Waals surface area contributed by atoms with Crippen LogP contribution < -0.4 is 4.74 Å². The topological polar surface area (TPSA) is 29.5 Å². The molecule has 0 aromatic heterocycles. The van der Waals surface area contributed by atoms with Crippen LogP contribution in [0.5, 0.6) is 5.75 Å². The Labute approximate surface area is 101 Å². The van der Waals surface area contributed by atoms with Crippen molar-refractivity contribution in [2.75, 3.05) is 12.5 Å². The molecule has 1 aromatic carbocycles. The highest BCUT2D eigenvalue weighted by molar-refractivity contribution is 9.10. The summed E-state index contributed by atoms with van der Waals surface area (Å²) < 4.78 is 6.15. The maximum Gasteiger partial charge on any atom is 0.139 e. The van der Waals surface area contributed by atoms with Gasteiger partial charge in [0, 0.05) is 4.47 Å². The van der Waals surface area contributed by atoms with Gasteiger partial charge in [-0.1, -0.05) is 27.5 Å². The number of benzene rings is 1. The van der Waals surface area contributed by atoms with Crippen molar-refractivity contribution >= 4 is 39.1 Å². The summed E-state index contributed by atoms with van der Waals surface area (Å²) in [6, 6.07) is 5.27. The lowest BCUT2D eigenvalue weighted by molar-refractivity contribution is 0.125. The highest BCUT2D eigenvalue weighted by Crippen LogP contribution is 2.27. The molecule has 0 aliphatic carbocycles.